The molecule has 1 aliphatic rings. The van der Waals surface area contributed by atoms with Crippen LogP contribution in [-0.2, 0) is 4.74 Å². The molecule has 2 nitrogen and oxygen atoms in total. The second kappa shape index (κ2) is 6.92. The molecule has 0 unspecified atom stereocenters. The summed E-state index contributed by atoms with van der Waals surface area (Å²) in [6.45, 7) is 4.65. The molecular weight excluding hydrogens is 102 g/mol. The molecule has 52 valence electrons. The Morgan fingerprint density at radius 1 is 1.50 bits per heavy atom. The maximum atomic E-state index is 4.94. The number of rotatable bonds is 0. The van der Waals surface area contributed by atoms with E-state index in [1.807, 2.05) is 6.92 Å². The van der Waals surface area contributed by atoms with E-state index in [1.54, 1.807) is 0 Å². The zero-order chi connectivity index (χ0) is 6.24. The highest BCUT2D eigenvalue weighted by atomic mass is 16.5. The first-order valence-electron chi connectivity index (χ1n) is 3.19. The van der Waals surface area contributed by atoms with Gasteiger partial charge < -0.3 is 10.5 Å². The Morgan fingerprint density at radius 3 is 2.00 bits per heavy atom. The van der Waals surface area contributed by atoms with Gasteiger partial charge in [0, 0.05) is 14.6 Å². The van der Waals surface area contributed by atoms with E-state index in [9.17, 15) is 0 Å². The fraction of sp³-hybridized carbons (Fsp3) is 1.00. The molecule has 1 saturated heterocycles. The third-order valence-electron chi connectivity index (χ3n) is 0.827. The van der Waals surface area contributed by atoms with Crippen molar-refractivity contribution >= 4 is 0 Å². The van der Waals surface area contributed by atoms with Gasteiger partial charge in [0.05, 0.1) is 0 Å². The van der Waals surface area contributed by atoms with Crippen molar-refractivity contribution in [2.45, 2.75) is 19.8 Å². The fourth-order valence-corrected chi connectivity index (χ4v) is 0.510. The molecule has 0 aromatic heterocycles. The monoisotopic (exact) mass is 119 g/mol. The summed E-state index contributed by atoms with van der Waals surface area (Å²) in [5, 5.41) is 0. The van der Waals surface area contributed by atoms with Crippen LogP contribution in [0.1, 0.15) is 21.2 Å². The third kappa shape index (κ3) is 5.92. The largest absolute Gasteiger partial charge is 0.381 e. The minimum Gasteiger partial charge on any atom is -0.381 e. The average molecular weight is 119 g/mol. The summed E-state index contributed by atoms with van der Waals surface area (Å²) in [6, 6.07) is 0. The van der Waals surface area contributed by atoms with Gasteiger partial charge in [0.15, 0.2) is 0 Å². The molecule has 1 aliphatic heterocycles. The van der Waals surface area contributed by atoms with Crippen LogP contribution in [-0.4, -0.2) is 19.8 Å². The predicted molar refractivity (Wildman–Crippen MR) is 36.9 cm³/mol. The van der Waals surface area contributed by atoms with Crippen LogP contribution in [0.15, 0.2) is 0 Å². The van der Waals surface area contributed by atoms with Crippen molar-refractivity contribution in [3.05, 3.63) is 0 Å². The van der Waals surface area contributed by atoms with Gasteiger partial charge in [-0.2, -0.15) is 0 Å². The standard InChI is InChI=1S/C4H8O.C2H7N.H2/c1-2-4-5-3-1;1-2-3;/h1-4H2;2-3H2,1H3;1H. The SMILES string of the molecule is C1CCOC1.CCN.[HH]. The van der Waals surface area contributed by atoms with Gasteiger partial charge in [-0.3, -0.25) is 0 Å². The Bertz CT molecular complexity index is 32.4. The van der Waals surface area contributed by atoms with Gasteiger partial charge in [0.1, 0.15) is 0 Å². The van der Waals surface area contributed by atoms with Crippen molar-refractivity contribution in [2.24, 2.45) is 5.73 Å². The third-order valence-corrected chi connectivity index (χ3v) is 0.827. The van der Waals surface area contributed by atoms with Gasteiger partial charge in [0.25, 0.3) is 0 Å². The number of nitrogens with two attached hydrogens (primary N) is 1. The molecule has 1 heterocycles. The molecule has 0 saturated carbocycles. The zero-order valence-electron chi connectivity index (χ0n) is 5.52. The normalized spacial score (nSPS) is 17.2. The minimum atomic E-state index is 0. The van der Waals surface area contributed by atoms with Crippen LogP contribution in [0.5, 0.6) is 0 Å². The predicted octanol–water partition coefficient (Wildman–Crippen LogP) is 1.01. The van der Waals surface area contributed by atoms with Gasteiger partial charge in [0.2, 0.25) is 0 Å². The number of ether oxygens (including phenoxy) is 1. The van der Waals surface area contributed by atoms with Crippen LogP contribution >= 0.6 is 0 Å². The molecule has 8 heavy (non-hydrogen) atoms. The topological polar surface area (TPSA) is 35.2 Å². The summed E-state index contributed by atoms with van der Waals surface area (Å²) >= 11 is 0. The zero-order valence-corrected chi connectivity index (χ0v) is 5.52. The van der Waals surface area contributed by atoms with E-state index in [0.29, 0.717) is 0 Å². The van der Waals surface area contributed by atoms with Crippen LogP contribution in [0.3, 0.4) is 0 Å². The van der Waals surface area contributed by atoms with Crippen LogP contribution in [0.4, 0.5) is 0 Å². The first-order valence-corrected chi connectivity index (χ1v) is 3.19. The molecule has 0 aromatic carbocycles. The van der Waals surface area contributed by atoms with Crippen LogP contribution < -0.4 is 5.73 Å². The maximum Gasteiger partial charge on any atom is 0.0466 e. The molecule has 0 atom stereocenters. The molecule has 0 aromatic rings. The van der Waals surface area contributed by atoms with Gasteiger partial charge in [-0.15, -0.1) is 0 Å². The first-order chi connectivity index (χ1) is 3.91. The Hall–Kier alpha value is -0.0800. The summed E-state index contributed by atoms with van der Waals surface area (Å²) in [6.07, 6.45) is 2.56. The van der Waals surface area contributed by atoms with E-state index in [0.717, 1.165) is 19.8 Å². The number of hydrogen-bond donors (Lipinski definition) is 1. The minimum absolute atomic E-state index is 0. The molecular formula is C6H17NO. The molecule has 1 rings (SSSR count). The molecule has 2 N–H and O–H groups in total. The van der Waals surface area contributed by atoms with Crippen LogP contribution in [0.2, 0.25) is 0 Å². The van der Waals surface area contributed by atoms with Crippen molar-refractivity contribution in [1.29, 1.82) is 0 Å². The highest BCUT2D eigenvalue weighted by Gasteiger charge is 1.94. The van der Waals surface area contributed by atoms with E-state index < -0.39 is 0 Å². The van der Waals surface area contributed by atoms with E-state index >= 15 is 0 Å². The molecule has 0 spiro atoms. The molecule has 0 aliphatic carbocycles. The summed E-state index contributed by atoms with van der Waals surface area (Å²) < 4.78 is 4.94. The van der Waals surface area contributed by atoms with Crippen molar-refractivity contribution < 1.29 is 6.16 Å². The first kappa shape index (κ1) is 7.92. The highest BCUT2D eigenvalue weighted by Crippen LogP contribution is 1.98. The summed E-state index contributed by atoms with van der Waals surface area (Å²) in [4.78, 5) is 0. The molecule has 1 fully saturated rings. The highest BCUT2D eigenvalue weighted by molar-refractivity contribution is 4.43. The number of hydrogen-bond acceptors (Lipinski definition) is 2. The molecule has 2 heteroatoms. The lowest BCUT2D eigenvalue weighted by molar-refractivity contribution is 0.198. The fourth-order valence-electron chi connectivity index (χ4n) is 0.510. The molecule has 0 bridgehead atoms. The Labute approximate surface area is 52.5 Å². The van der Waals surface area contributed by atoms with Crippen molar-refractivity contribution in [1.82, 2.24) is 0 Å². The lowest BCUT2D eigenvalue weighted by Crippen LogP contribution is -1.87. The summed E-state index contributed by atoms with van der Waals surface area (Å²) in [7, 11) is 0. The van der Waals surface area contributed by atoms with Gasteiger partial charge >= 0.3 is 0 Å². The average Bonchev–Trinajstić information content (AvgIpc) is 2.17. The lowest BCUT2D eigenvalue weighted by Gasteiger charge is -1.76. The lowest BCUT2D eigenvalue weighted by atomic mass is 10.4. The second-order valence-electron chi connectivity index (χ2n) is 1.73. The summed E-state index contributed by atoms with van der Waals surface area (Å²) in [5.41, 5.74) is 4.85. The van der Waals surface area contributed by atoms with Gasteiger partial charge in [-0.25, -0.2) is 0 Å². The second-order valence-corrected chi connectivity index (χ2v) is 1.73. The Morgan fingerprint density at radius 2 is 1.88 bits per heavy atom. The smallest absolute Gasteiger partial charge is 0.0466 e. The molecule has 0 radical (unpaired) electrons. The van der Waals surface area contributed by atoms with Gasteiger partial charge in [-0.1, -0.05) is 6.92 Å². The van der Waals surface area contributed by atoms with Crippen molar-refractivity contribution in [3.8, 4) is 0 Å². The van der Waals surface area contributed by atoms with Crippen molar-refractivity contribution in [3.63, 3.8) is 0 Å². The Kier molecular flexibility index (Phi) is 6.85. The van der Waals surface area contributed by atoms with Crippen LogP contribution in [0, 0.1) is 0 Å². The van der Waals surface area contributed by atoms with Crippen LogP contribution in [0.25, 0.3) is 0 Å². The van der Waals surface area contributed by atoms with E-state index in [4.69, 9.17) is 10.5 Å². The van der Waals surface area contributed by atoms with E-state index in [1.165, 1.54) is 12.8 Å². The molecule has 0 amide bonds. The van der Waals surface area contributed by atoms with E-state index in [2.05, 4.69) is 0 Å². The van der Waals surface area contributed by atoms with Crippen molar-refractivity contribution in [2.75, 3.05) is 19.8 Å². The van der Waals surface area contributed by atoms with E-state index in [-0.39, 0.29) is 1.43 Å². The van der Waals surface area contributed by atoms with Gasteiger partial charge in [-0.05, 0) is 19.4 Å². The maximum absolute atomic E-state index is 4.94. The Balaban J connectivity index is 0. The quantitative estimate of drug-likeness (QED) is 0.516. The summed E-state index contributed by atoms with van der Waals surface area (Å²) in [5.74, 6) is 0.